The third kappa shape index (κ3) is 15.7. The van der Waals surface area contributed by atoms with Gasteiger partial charge >= 0.3 is 18.3 Å². The molecule has 8 atom stereocenters. The van der Waals surface area contributed by atoms with Gasteiger partial charge in [0.15, 0.2) is 28.3 Å². The Kier molecular flexibility index (Phi) is 22.5. The number of likely N-dealkylation sites (tertiary alicyclic amines) is 1. The molecule has 1 aliphatic heterocycles. The summed E-state index contributed by atoms with van der Waals surface area (Å²) in [6.45, 7) is 2.83. The van der Waals surface area contributed by atoms with E-state index in [1.807, 2.05) is 29.0 Å². The van der Waals surface area contributed by atoms with Crippen LogP contribution in [-0.2, 0) is 34.0 Å². The fraction of sp³-hybridized carbons (Fsp3) is 0.585. The predicted octanol–water partition coefficient (Wildman–Crippen LogP) is -3.65. The van der Waals surface area contributed by atoms with Crippen molar-refractivity contribution in [1.82, 2.24) is 29.3 Å². The minimum Gasteiger partial charge on any atom is -0.542 e. The Morgan fingerprint density at radius 1 is 0.890 bits per heavy atom. The number of carbonyl (C=O) groups excluding carboxylic acids is 3. The zero-order chi connectivity index (χ0) is 55.4. The summed E-state index contributed by atoms with van der Waals surface area (Å²) in [5.41, 5.74) is 8.92. The molecule has 1 aliphatic rings. The Labute approximate surface area is 414 Å². The molecular weight excluding hydrogens is 1020 g/mol. The number of benzene rings is 1. The van der Waals surface area contributed by atoms with E-state index in [1.54, 1.807) is 17.0 Å². The molecule has 4 heterocycles. The number of nitrogens with two attached hydrogens (primary N) is 1. The van der Waals surface area contributed by atoms with Crippen LogP contribution >= 0.6 is 11.6 Å². The van der Waals surface area contributed by atoms with Crippen LogP contribution in [0.2, 0.25) is 5.02 Å². The summed E-state index contributed by atoms with van der Waals surface area (Å²) in [6.07, 6.45) is -22.2. The molecule has 0 saturated carbocycles. The first-order chi connectivity index (χ1) is 34.0. The van der Waals surface area contributed by atoms with Crippen molar-refractivity contribution in [2.45, 2.75) is 114 Å². The number of halogens is 7. The second-order valence-corrected chi connectivity index (χ2v) is 16.7. The number of aryl methyl sites for hydroxylation is 2. The number of aliphatic hydroxyl groups excluding tert-OH is 10. The Morgan fingerprint density at radius 2 is 1.38 bits per heavy atom. The number of aliphatic carboxylic acids is 2. The van der Waals surface area contributed by atoms with Crippen LogP contribution in [0.25, 0.3) is 22.2 Å². The number of hydrogen-bond donors (Lipinski definition) is 13. The molecule has 0 spiro atoms. The number of rotatable bonds is 20. The highest BCUT2D eigenvalue weighted by atomic mass is 35.5. The molecule has 5 rings (SSSR count). The summed E-state index contributed by atoms with van der Waals surface area (Å²) in [6, 6.07) is 4.87. The van der Waals surface area contributed by atoms with E-state index in [2.05, 4.69) is 15.0 Å². The van der Waals surface area contributed by atoms with Gasteiger partial charge in [-0.05, 0) is 38.8 Å². The van der Waals surface area contributed by atoms with Crippen molar-refractivity contribution in [1.29, 1.82) is 0 Å². The number of carbonyl (C=O) groups is 4. The summed E-state index contributed by atoms with van der Waals surface area (Å²) < 4.78 is 67.3. The molecule has 25 nitrogen and oxygen atoms in total. The molecule has 14 N–H and O–H groups in total. The summed E-state index contributed by atoms with van der Waals surface area (Å²) in [5.74, 6) is -5.14. The molecule has 0 unspecified atom stereocenters. The van der Waals surface area contributed by atoms with Crippen LogP contribution in [0.5, 0.6) is 0 Å². The van der Waals surface area contributed by atoms with Gasteiger partial charge in [-0.1, -0.05) is 11.6 Å². The number of aromatic amines is 1. The second kappa shape index (κ2) is 26.6. The number of imidazole rings is 1. The van der Waals surface area contributed by atoms with Crippen molar-refractivity contribution in [3.63, 3.8) is 0 Å². The highest BCUT2D eigenvalue weighted by Crippen LogP contribution is 2.29. The number of nitrogen functional groups attached to an aromatic ring is 1. The lowest BCUT2D eigenvalue weighted by Crippen LogP contribution is -2.56. The smallest absolute Gasteiger partial charge is 0.490 e. The van der Waals surface area contributed by atoms with Crippen molar-refractivity contribution < 1.29 is 111 Å². The molecule has 2 amide bonds. The molecule has 0 radical (unpaired) electrons. The lowest BCUT2D eigenvalue weighted by molar-refractivity contribution is -0.676. The van der Waals surface area contributed by atoms with Gasteiger partial charge in [-0.15, -0.1) is 0 Å². The van der Waals surface area contributed by atoms with Gasteiger partial charge in [0.05, 0.1) is 43.5 Å². The number of nitrogens with one attached hydrogen (secondary N) is 1. The van der Waals surface area contributed by atoms with Gasteiger partial charge in [0.25, 0.3) is 11.7 Å². The molecule has 1 saturated heterocycles. The number of aliphatic hydroxyl groups is 10. The number of anilines is 2. The highest BCUT2D eigenvalue weighted by Gasteiger charge is 2.39. The van der Waals surface area contributed by atoms with Gasteiger partial charge in [-0.3, -0.25) is 19.4 Å². The lowest BCUT2D eigenvalue weighted by atomic mass is 9.97. The summed E-state index contributed by atoms with van der Waals surface area (Å²) in [4.78, 5) is 60.4. The summed E-state index contributed by atoms with van der Waals surface area (Å²) in [5, 5.41) is 117. The minimum absolute atomic E-state index is 0.0287. The lowest BCUT2D eigenvalue weighted by Gasteiger charge is -2.41. The van der Waals surface area contributed by atoms with Crippen molar-refractivity contribution in [3.8, 4) is 0 Å². The number of alkyl halides is 6. The third-order valence-electron chi connectivity index (χ3n) is 11.5. The van der Waals surface area contributed by atoms with Gasteiger partial charge in [-0.25, -0.2) is 23.9 Å². The normalized spacial score (nSPS) is 16.8. The van der Waals surface area contributed by atoms with E-state index in [0.29, 0.717) is 54.1 Å². The van der Waals surface area contributed by atoms with Gasteiger partial charge < -0.3 is 81.7 Å². The number of fused-ring (bicyclic) bond motifs is 2. The molecule has 4 aromatic rings. The Hall–Kier alpha value is -5.58. The third-order valence-corrected chi connectivity index (χ3v) is 11.8. The first kappa shape index (κ1) is 61.7. The predicted molar refractivity (Wildman–Crippen MR) is 237 cm³/mol. The Bertz CT molecular complexity index is 2430. The van der Waals surface area contributed by atoms with Crippen molar-refractivity contribution in [3.05, 3.63) is 40.8 Å². The van der Waals surface area contributed by atoms with Gasteiger partial charge in [0, 0.05) is 50.0 Å². The quantitative estimate of drug-likeness (QED) is 0.0231. The van der Waals surface area contributed by atoms with Crippen LogP contribution in [0.3, 0.4) is 0 Å². The molecule has 73 heavy (non-hydrogen) atoms. The van der Waals surface area contributed by atoms with Crippen LogP contribution in [-0.4, -0.2) is 216 Å². The van der Waals surface area contributed by atoms with E-state index >= 15 is 0 Å². The number of hydrogen-bond acceptors (Lipinski definition) is 19. The standard InChI is InChI=1S/C37H55ClN9O12.2C2HF3O2/c1-3-46-22-6-5-19(11-23(22)47(4-2)28(46)15-45(18-50)36-34(39)42-35-29(41-36)21(38)12-40-35)37(59)43-9-7-20(8-10-43)44(13-24(51)30(55)32(57)26(53)16-48)14-25(52)31(56)33(58)27(54)17-49;2*3-2(4,5)1(6)7/h5-6,11-12,18,20,24-27,30-33,48-49,51-58H,3-4,7-10,13-17H2,1-2H3,(H3,39,40,42);2*(H,6,7)/q+1;;/p-1/t24-,25-,26+,27+,30+,31+,32+,33+;;/m0../s1. The zero-order valence-electron chi connectivity index (χ0n) is 38.7. The maximum atomic E-state index is 14.0. The van der Waals surface area contributed by atoms with Crippen molar-refractivity contribution in [2.24, 2.45) is 0 Å². The molecule has 0 bridgehead atoms. The SMILES string of the molecule is CCn1c(CN(C=O)c2nc3c(Cl)c[nH]c3nc2N)[n+](CC)c2ccc(C(=O)N3CCC(N(C[C@H](O)[C@@H](O)[C@H](O)[C@H](O)CO)C[C@H](O)[C@@H](O)[C@H](O)[C@H](O)CO)CC3)cc21.O=C(O)C(F)(F)F.O=C([O-])C(F)(F)F. The van der Waals surface area contributed by atoms with E-state index < -0.39 is 105 Å². The number of nitrogens with zero attached hydrogens (tertiary/aromatic N) is 7. The van der Waals surface area contributed by atoms with Crippen LogP contribution in [0.4, 0.5) is 38.0 Å². The molecule has 3 aromatic heterocycles. The van der Waals surface area contributed by atoms with Crippen LogP contribution in [0.1, 0.15) is 42.9 Å². The second-order valence-electron chi connectivity index (χ2n) is 16.3. The molecule has 1 aromatic carbocycles. The number of piperidine rings is 1. The fourth-order valence-corrected chi connectivity index (χ4v) is 7.83. The number of H-pyrrole nitrogens is 1. The Balaban J connectivity index is 0.000000878. The van der Waals surface area contributed by atoms with E-state index in [4.69, 9.17) is 37.1 Å². The maximum Gasteiger partial charge on any atom is 0.490 e. The maximum absolute atomic E-state index is 14.0. The van der Waals surface area contributed by atoms with Gasteiger partial charge in [0.1, 0.15) is 54.7 Å². The number of aromatic nitrogens is 5. The van der Waals surface area contributed by atoms with E-state index in [9.17, 15) is 87.0 Å². The highest BCUT2D eigenvalue weighted by molar-refractivity contribution is 6.35. The van der Waals surface area contributed by atoms with Crippen LogP contribution in [0.15, 0.2) is 24.4 Å². The Morgan fingerprint density at radius 3 is 1.81 bits per heavy atom. The van der Waals surface area contributed by atoms with E-state index in [0.717, 1.165) is 16.9 Å². The van der Waals surface area contributed by atoms with Gasteiger partial charge in [0.2, 0.25) is 6.41 Å². The number of amides is 2. The monoisotopic (exact) mass is 1080 g/mol. The van der Waals surface area contributed by atoms with Crippen LogP contribution < -0.4 is 20.3 Å². The molecular formula is C41H56ClF6N9O16. The number of carboxylic acid groups (broad SMARTS) is 2. The van der Waals surface area contributed by atoms with Crippen molar-refractivity contribution in [2.75, 3.05) is 50.0 Å². The topological polar surface area (TPSA) is 400 Å². The minimum atomic E-state index is -5.19. The molecule has 32 heteroatoms. The van der Waals surface area contributed by atoms with E-state index in [1.165, 1.54) is 16.0 Å². The number of carboxylic acids is 2. The average Bonchev–Trinajstić information content (AvgIpc) is 3.86. The first-order valence-electron chi connectivity index (χ1n) is 21.8. The summed E-state index contributed by atoms with van der Waals surface area (Å²) >= 11 is 6.27. The molecule has 410 valence electrons. The van der Waals surface area contributed by atoms with Crippen LogP contribution in [0, 0.1) is 0 Å². The largest absolute Gasteiger partial charge is 0.542 e. The zero-order valence-corrected chi connectivity index (χ0v) is 39.4. The van der Waals surface area contributed by atoms with Crippen molar-refractivity contribution >= 4 is 69.7 Å². The first-order valence-corrected chi connectivity index (χ1v) is 22.2. The molecule has 0 aliphatic carbocycles. The summed E-state index contributed by atoms with van der Waals surface area (Å²) in [7, 11) is 0. The fourth-order valence-electron chi connectivity index (χ4n) is 7.65. The van der Waals surface area contributed by atoms with E-state index in [-0.39, 0.29) is 37.2 Å². The average molecular weight is 1080 g/mol. The molecule has 1 fully saturated rings. The van der Waals surface area contributed by atoms with Gasteiger partial charge in [-0.2, -0.15) is 26.3 Å².